The van der Waals surface area contributed by atoms with E-state index in [0.29, 0.717) is 6.42 Å². The smallest absolute Gasteiger partial charge is 0.228 e. The monoisotopic (exact) mass is 377 g/mol. The van der Waals surface area contributed by atoms with Crippen LogP contribution in [0, 0.1) is 0 Å². The largest absolute Gasteiger partial charge is 0.338 e. The molecule has 4 nitrogen and oxygen atoms in total. The molecule has 0 radical (unpaired) electrons. The number of hydrogen-bond acceptors (Lipinski definition) is 2. The molecule has 0 saturated heterocycles. The summed E-state index contributed by atoms with van der Waals surface area (Å²) >= 11 is 0. The highest BCUT2D eigenvalue weighted by Crippen LogP contribution is 2.24. The first-order chi connectivity index (χ1) is 14.3. The molecule has 0 saturated carbocycles. The predicted molar refractivity (Wildman–Crippen MR) is 118 cm³/mol. The highest BCUT2D eigenvalue weighted by molar-refractivity contribution is 5.96. The van der Waals surface area contributed by atoms with Crippen molar-refractivity contribution in [2.45, 2.75) is 6.42 Å². The van der Waals surface area contributed by atoms with Gasteiger partial charge in [0, 0.05) is 11.3 Å². The Morgan fingerprint density at radius 1 is 0.862 bits per heavy atom. The molecule has 0 spiro atoms. The van der Waals surface area contributed by atoms with Gasteiger partial charge in [-0.05, 0) is 40.6 Å². The molecule has 1 heterocycles. The van der Waals surface area contributed by atoms with Gasteiger partial charge in [0.05, 0.1) is 17.5 Å². The Bertz CT molecular complexity index is 1300. The number of amides is 1. The first-order valence-electron chi connectivity index (χ1n) is 9.58. The van der Waals surface area contributed by atoms with E-state index < -0.39 is 0 Å². The summed E-state index contributed by atoms with van der Waals surface area (Å²) in [5.41, 5.74) is 4.63. The summed E-state index contributed by atoms with van der Waals surface area (Å²) < 4.78 is 0. The molecule has 5 rings (SSSR count). The lowest BCUT2D eigenvalue weighted by atomic mass is 10.0. The Labute approximate surface area is 168 Å². The number of nitrogens with one attached hydrogen (secondary N) is 2. The number of rotatable bonds is 4. The molecule has 0 fully saturated rings. The van der Waals surface area contributed by atoms with Crippen LogP contribution in [0.15, 0.2) is 91.0 Å². The zero-order valence-electron chi connectivity index (χ0n) is 15.7. The number of imidazole rings is 1. The second kappa shape index (κ2) is 7.24. The van der Waals surface area contributed by atoms with Gasteiger partial charge in [-0.25, -0.2) is 4.98 Å². The molecular formula is C25H19N3O. The molecule has 0 bridgehead atoms. The Hall–Kier alpha value is -3.92. The van der Waals surface area contributed by atoms with Crippen molar-refractivity contribution in [1.82, 2.24) is 9.97 Å². The lowest BCUT2D eigenvalue weighted by molar-refractivity contribution is -0.115. The summed E-state index contributed by atoms with van der Waals surface area (Å²) in [6.45, 7) is 0. The van der Waals surface area contributed by atoms with Gasteiger partial charge in [-0.3, -0.25) is 4.79 Å². The standard InChI is InChI=1S/C25H19N3O/c29-24(16-18-9-5-8-17-7-1-2-12-21(17)18)26-20-11-6-10-19(15-20)25-27-22-13-3-4-14-23(22)28-25/h1-15H,16H2,(H,26,29)(H,27,28). The van der Waals surface area contributed by atoms with Crippen LogP contribution < -0.4 is 5.32 Å². The fourth-order valence-corrected chi connectivity index (χ4v) is 3.66. The summed E-state index contributed by atoms with van der Waals surface area (Å²) in [4.78, 5) is 20.6. The maximum atomic E-state index is 12.7. The molecule has 1 amide bonds. The van der Waals surface area contributed by atoms with Gasteiger partial charge in [0.15, 0.2) is 0 Å². The van der Waals surface area contributed by atoms with Gasteiger partial charge >= 0.3 is 0 Å². The highest BCUT2D eigenvalue weighted by atomic mass is 16.1. The third-order valence-corrected chi connectivity index (χ3v) is 5.04. The molecule has 0 aliphatic carbocycles. The SMILES string of the molecule is O=C(Cc1cccc2ccccc12)Nc1cccc(-c2nc3ccccc3[nH]2)c1. The van der Waals surface area contributed by atoms with Crippen molar-refractivity contribution in [2.75, 3.05) is 5.32 Å². The lowest BCUT2D eigenvalue weighted by Gasteiger charge is -2.09. The Morgan fingerprint density at radius 3 is 2.59 bits per heavy atom. The van der Waals surface area contributed by atoms with Gasteiger partial charge < -0.3 is 10.3 Å². The number of carbonyl (C=O) groups excluding carboxylic acids is 1. The average Bonchev–Trinajstić information content (AvgIpc) is 3.19. The fraction of sp³-hybridized carbons (Fsp3) is 0.0400. The van der Waals surface area contributed by atoms with Gasteiger partial charge in [0.1, 0.15) is 5.82 Å². The number of aromatic amines is 1. The molecule has 0 aliphatic heterocycles. The van der Waals surface area contributed by atoms with E-state index in [2.05, 4.69) is 33.5 Å². The number of aromatic nitrogens is 2. The summed E-state index contributed by atoms with van der Waals surface area (Å²) in [7, 11) is 0. The van der Waals surface area contributed by atoms with Crippen LogP contribution in [0.25, 0.3) is 33.2 Å². The quantitative estimate of drug-likeness (QED) is 0.430. The first-order valence-corrected chi connectivity index (χ1v) is 9.58. The van der Waals surface area contributed by atoms with Crippen LogP contribution in [0.4, 0.5) is 5.69 Å². The van der Waals surface area contributed by atoms with Crippen LogP contribution >= 0.6 is 0 Å². The minimum atomic E-state index is -0.0388. The third-order valence-electron chi connectivity index (χ3n) is 5.04. The molecule has 1 aromatic heterocycles. The third kappa shape index (κ3) is 3.48. The van der Waals surface area contributed by atoms with Gasteiger partial charge in [-0.2, -0.15) is 0 Å². The summed E-state index contributed by atoms with van der Waals surface area (Å²) in [6.07, 6.45) is 0.330. The van der Waals surface area contributed by atoms with Crippen molar-refractivity contribution in [1.29, 1.82) is 0 Å². The van der Waals surface area contributed by atoms with E-state index in [0.717, 1.165) is 44.4 Å². The molecule has 5 aromatic rings. The van der Waals surface area contributed by atoms with E-state index in [1.807, 2.05) is 72.8 Å². The van der Waals surface area contributed by atoms with Gasteiger partial charge in [-0.1, -0.05) is 66.7 Å². The van der Waals surface area contributed by atoms with Crippen LogP contribution in [0.1, 0.15) is 5.56 Å². The first kappa shape index (κ1) is 17.2. The molecule has 2 N–H and O–H groups in total. The minimum Gasteiger partial charge on any atom is -0.338 e. The molecule has 0 atom stereocenters. The van der Waals surface area contributed by atoms with Crippen LogP contribution in [0.2, 0.25) is 0 Å². The molecule has 4 aromatic carbocycles. The number of hydrogen-bond donors (Lipinski definition) is 2. The summed E-state index contributed by atoms with van der Waals surface area (Å²) in [5.74, 6) is 0.750. The summed E-state index contributed by atoms with van der Waals surface area (Å²) in [6, 6.07) is 29.9. The second-order valence-electron chi connectivity index (χ2n) is 7.05. The fourth-order valence-electron chi connectivity index (χ4n) is 3.66. The van der Waals surface area contributed by atoms with Crippen molar-refractivity contribution >= 4 is 33.4 Å². The number of fused-ring (bicyclic) bond motifs is 2. The van der Waals surface area contributed by atoms with Gasteiger partial charge in [0.2, 0.25) is 5.91 Å². The normalized spacial score (nSPS) is 11.0. The minimum absolute atomic E-state index is 0.0388. The lowest BCUT2D eigenvalue weighted by Crippen LogP contribution is -2.14. The molecule has 0 aliphatic rings. The maximum absolute atomic E-state index is 12.7. The van der Waals surface area contributed by atoms with Gasteiger partial charge in [-0.15, -0.1) is 0 Å². The van der Waals surface area contributed by atoms with E-state index in [1.165, 1.54) is 0 Å². The van der Waals surface area contributed by atoms with Crippen LogP contribution in [-0.2, 0) is 11.2 Å². The van der Waals surface area contributed by atoms with Crippen molar-refractivity contribution in [3.05, 3.63) is 96.6 Å². The average molecular weight is 377 g/mol. The van der Waals surface area contributed by atoms with E-state index in [9.17, 15) is 4.79 Å². The number of nitrogens with zero attached hydrogens (tertiary/aromatic N) is 1. The Morgan fingerprint density at radius 2 is 1.66 bits per heavy atom. The zero-order valence-corrected chi connectivity index (χ0v) is 15.7. The van der Waals surface area contributed by atoms with Crippen molar-refractivity contribution in [3.8, 4) is 11.4 Å². The van der Waals surface area contributed by atoms with Crippen molar-refractivity contribution in [2.24, 2.45) is 0 Å². The van der Waals surface area contributed by atoms with Gasteiger partial charge in [0.25, 0.3) is 0 Å². The van der Waals surface area contributed by atoms with Crippen LogP contribution in [0.3, 0.4) is 0 Å². The molecular weight excluding hydrogens is 358 g/mol. The van der Waals surface area contributed by atoms with Crippen molar-refractivity contribution in [3.63, 3.8) is 0 Å². The second-order valence-corrected chi connectivity index (χ2v) is 7.05. The molecule has 0 unspecified atom stereocenters. The van der Waals surface area contributed by atoms with E-state index in [4.69, 9.17) is 0 Å². The summed E-state index contributed by atoms with van der Waals surface area (Å²) in [5, 5.41) is 5.27. The van der Waals surface area contributed by atoms with Crippen LogP contribution in [-0.4, -0.2) is 15.9 Å². The van der Waals surface area contributed by atoms with Crippen LogP contribution in [0.5, 0.6) is 0 Å². The number of carbonyl (C=O) groups is 1. The van der Waals surface area contributed by atoms with E-state index in [1.54, 1.807) is 0 Å². The molecule has 4 heteroatoms. The predicted octanol–water partition coefficient (Wildman–Crippen LogP) is 5.56. The molecule has 29 heavy (non-hydrogen) atoms. The number of benzene rings is 4. The Kier molecular flexibility index (Phi) is 4.30. The number of para-hydroxylation sites is 2. The number of anilines is 1. The maximum Gasteiger partial charge on any atom is 0.228 e. The number of H-pyrrole nitrogens is 1. The zero-order chi connectivity index (χ0) is 19.6. The van der Waals surface area contributed by atoms with E-state index >= 15 is 0 Å². The van der Waals surface area contributed by atoms with Crippen molar-refractivity contribution < 1.29 is 4.79 Å². The van der Waals surface area contributed by atoms with E-state index in [-0.39, 0.29) is 5.91 Å². The molecule has 140 valence electrons. The topological polar surface area (TPSA) is 57.8 Å². The highest BCUT2D eigenvalue weighted by Gasteiger charge is 2.09. The Balaban J connectivity index is 1.38.